The monoisotopic (exact) mass is 607 g/mol. The van der Waals surface area contributed by atoms with Gasteiger partial charge in [-0.25, -0.2) is 23.7 Å². The molecule has 0 unspecified atom stereocenters. The van der Waals surface area contributed by atoms with Gasteiger partial charge < -0.3 is 19.6 Å². The first-order valence-electron chi connectivity index (χ1n) is 13.1. The molecule has 2 heterocycles. The molecule has 2 aromatic heterocycles. The number of hydrogen-bond donors (Lipinski definition) is 1. The predicted octanol–water partition coefficient (Wildman–Crippen LogP) is 4.75. The molecule has 5 aromatic rings. The Balaban J connectivity index is 1.34. The lowest BCUT2D eigenvalue weighted by atomic mass is 10.1. The quantitative estimate of drug-likeness (QED) is 0.158. The molecule has 0 saturated carbocycles. The summed E-state index contributed by atoms with van der Waals surface area (Å²) in [6, 6.07) is 15.8. The third-order valence-corrected chi connectivity index (χ3v) is 8.11. The Kier molecular flexibility index (Phi) is 8.59. The summed E-state index contributed by atoms with van der Waals surface area (Å²) in [4.78, 5) is 29.8. The Morgan fingerprint density at radius 3 is 2.42 bits per heavy atom. The summed E-state index contributed by atoms with van der Waals surface area (Å²) >= 11 is 0. The van der Waals surface area contributed by atoms with Crippen LogP contribution < -0.4 is 9.79 Å². The highest BCUT2D eigenvalue weighted by Crippen LogP contribution is 2.30. The molecule has 14 heteroatoms. The number of hydrogen-bond acceptors (Lipinski definition) is 9. The second-order valence-electron chi connectivity index (χ2n) is 9.74. The molecule has 0 aliphatic heterocycles. The number of aryl methyl sites for hydroxylation is 1. The first-order valence-corrected chi connectivity index (χ1v) is 14.5. The molecule has 222 valence electrons. The van der Waals surface area contributed by atoms with Crippen molar-refractivity contribution in [2.24, 2.45) is 0 Å². The fourth-order valence-corrected chi connectivity index (χ4v) is 5.81. The van der Waals surface area contributed by atoms with Crippen LogP contribution in [0.4, 0.5) is 26.0 Å². The fourth-order valence-electron chi connectivity index (χ4n) is 4.46. The molecule has 0 atom stereocenters. The van der Waals surface area contributed by atoms with Gasteiger partial charge in [0.25, 0.3) is 0 Å². The Morgan fingerprint density at radius 2 is 1.72 bits per heavy atom. The van der Waals surface area contributed by atoms with Crippen molar-refractivity contribution >= 4 is 44.7 Å². The molecule has 0 fully saturated rings. The number of carbonyl (C=O) groups excluding carboxylic acids is 1. The van der Waals surface area contributed by atoms with Crippen LogP contribution in [0, 0.1) is 11.6 Å². The summed E-state index contributed by atoms with van der Waals surface area (Å²) < 4.78 is 56.8. The predicted molar refractivity (Wildman–Crippen MR) is 157 cm³/mol. The van der Waals surface area contributed by atoms with E-state index in [9.17, 15) is 22.0 Å². The lowest BCUT2D eigenvalue weighted by molar-refractivity contribution is -0.128. The third kappa shape index (κ3) is 6.44. The van der Waals surface area contributed by atoms with Crippen LogP contribution in [-0.4, -0.2) is 59.9 Å². The van der Waals surface area contributed by atoms with Gasteiger partial charge in [-0.2, -0.15) is 8.42 Å². The number of carbonyl (C=O) groups is 1. The number of halogens is 2. The van der Waals surface area contributed by atoms with Crippen molar-refractivity contribution in [1.82, 2.24) is 24.4 Å². The minimum absolute atomic E-state index is 0.147. The van der Waals surface area contributed by atoms with E-state index in [0.29, 0.717) is 17.2 Å². The van der Waals surface area contributed by atoms with Gasteiger partial charge in [0.15, 0.2) is 4.90 Å². The normalized spacial score (nSPS) is 11.6. The Hall–Kier alpha value is -4.95. The van der Waals surface area contributed by atoms with Crippen molar-refractivity contribution in [2.75, 3.05) is 30.4 Å². The molecule has 43 heavy (non-hydrogen) atoms. The highest BCUT2D eigenvalue weighted by Gasteiger charge is 2.33. The van der Waals surface area contributed by atoms with Crippen molar-refractivity contribution in [3.8, 4) is 11.3 Å². The number of nitrogens with zero attached hydrogens (tertiary/aromatic N) is 6. The fraction of sp³-hybridized carbons (Fsp3) is 0.172. The van der Waals surface area contributed by atoms with Crippen molar-refractivity contribution in [3.05, 3.63) is 91.0 Å². The van der Waals surface area contributed by atoms with Crippen molar-refractivity contribution in [1.29, 1.82) is 0 Å². The van der Waals surface area contributed by atoms with Crippen LogP contribution in [0.5, 0.6) is 0 Å². The van der Waals surface area contributed by atoms with Crippen molar-refractivity contribution < 1.29 is 26.8 Å². The minimum Gasteiger partial charge on any atom is -0.340 e. The second kappa shape index (κ2) is 12.5. The molecule has 0 amide bonds. The highest BCUT2D eigenvalue weighted by atomic mass is 32.2. The van der Waals surface area contributed by atoms with Gasteiger partial charge >= 0.3 is 16.5 Å². The van der Waals surface area contributed by atoms with Crippen LogP contribution in [-0.2, 0) is 26.2 Å². The molecule has 0 aliphatic carbocycles. The van der Waals surface area contributed by atoms with E-state index in [2.05, 4.69) is 34.6 Å². The highest BCUT2D eigenvalue weighted by molar-refractivity contribution is 7.92. The van der Waals surface area contributed by atoms with E-state index >= 15 is 0 Å². The van der Waals surface area contributed by atoms with Gasteiger partial charge in [0, 0.05) is 23.9 Å². The summed E-state index contributed by atoms with van der Waals surface area (Å²) in [5.41, 5.74) is 3.71. The van der Waals surface area contributed by atoms with Crippen LogP contribution in [0.25, 0.3) is 22.3 Å². The van der Waals surface area contributed by atoms with Crippen LogP contribution >= 0.6 is 0 Å². The Morgan fingerprint density at radius 1 is 0.977 bits per heavy atom. The number of anilines is 3. The summed E-state index contributed by atoms with van der Waals surface area (Å²) in [5.74, 6) is -2.20. The summed E-state index contributed by atoms with van der Waals surface area (Å²) in [6.07, 6.45) is 4.25. The summed E-state index contributed by atoms with van der Waals surface area (Å²) in [7, 11) is -0.839. The second-order valence-corrected chi connectivity index (χ2v) is 11.4. The number of nitrogens with one attached hydrogen (secondary N) is 1. The third-order valence-electron chi connectivity index (χ3n) is 6.47. The molecule has 0 radical (unpaired) electrons. The number of sulfonamides is 1. The zero-order valence-corrected chi connectivity index (χ0v) is 24.0. The maximum absolute atomic E-state index is 14.3. The molecule has 11 nitrogen and oxygen atoms in total. The van der Waals surface area contributed by atoms with Crippen molar-refractivity contribution in [3.63, 3.8) is 0 Å². The van der Waals surface area contributed by atoms with Crippen LogP contribution in [0.3, 0.4) is 0 Å². The number of aromatic nitrogens is 4. The first-order chi connectivity index (χ1) is 20.7. The number of imidazole rings is 1. The smallest absolute Gasteiger partial charge is 0.322 e. The van der Waals surface area contributed by atoms with E-state index < -0.39 is 26.6 Å². The molecule has 3 aromatic carbocycles. The van der Waals surface area contributed by atoms with E-state index in [-0.39, 0.29) is 16.6 Å². The van der Waals surface area contributed by atoms with Gasteiger partial charge in [-0.15, -0.1) is 0 Å². The zero-order chi connectivity index (χ0) is 30.6. The van der Waals surface area contributed by atoms with E-state index in [4.69, 9.17) is 0 Å². The van der Waals surface area contributed by atoms with Gasteiger partial charge in [-0.1, -0.05) is 16.6 Å². The Labute approximate surface area is 246 Å². The molecule has 0 bridgehead atoms. The van der Waals surface area contributed by atoms with Crippen LogP contribution in [0.2, 0.25) is 0 Å². The molecule has 0 saturated heterocycles. The molecular weight excluding hydrogens is 580 g/mol. The lowest BCUT2D eigenvalue weighted by Gasteiger charge is -2.21. The average Bonchev–Trinajstić information content (AvgIpc) is 3.38. The molecule has 0 aliphatic rings. The molecule has 5 rings (SSSR count). The van der Waals surface area contributed by atoms with Crippen LogP contribution in [0.1, 0.15) is 6.42 Å². The van der Waals surface area contributed by atoms with Gasteiger partial charge in [-0.05, 0) is 75.6 Å². The summed E-state index contributed by atoms with van der Waals surface area (Å²) in [6.45, 7) is 1.69. The van der Waals surface area contributed by atoms with Gasteiger partial charge in [0.1, 0.15) is 23.8 Å². The first kappa shape index (κ1) is 29.5. The van der Waals surface area contributed by atoms with E-state index in [0.717, 1.165) is 54.3 Å². The maximum atomic E-state index is 14.3. The topological polar surface area (TPSA) is 123 Å². The number of rotatable bonds is 12. The largest absolute Gasteiger partial charge is 0.340 e. The number of benzene rings is 3. The zero-order valence-electron chi connectivity index (χ0n) is 23.2. The van der Waals surface area contributed by atoms with Gasteiger partial charge in [-0.3, -0.25) is 4.79 Å². The van der Waals surface area contributed by atoms with E-state index in [1.807, 2.05) is 38.6 Å². The van der Waals surface area contributed by atoms with Gasteiger partial charge in [0.2, 0.25) is 0 Å². The number of fused-ring (bicyclic) bond motifs is 1. The molecular formula is C29H27F2N7O4S. The molecule has 1 N–H and O–H groups in total. The minimum atomic E-state index is -4.93. The Bertz CT molecular complexity index is 1840. The lowest BCUT2D eigenvalue weighted by Crippen LogP contribution is -2.32. The van der Waals surface area contributed by atoms with Crippen molar-refractivity contribution in [2.45, 2.75) is 17.9 Å². The summed E-state index contributed by atoms with van der Waals surface area (Å²) in [5, 5.41) is 3.10. The van der Waals surface area contributed by atoms with Gasteiger partial charge in [0.05, 0.1) is 28.7 Å². The van der Waals surface area contributed by atoms with E-state index in [1.165, 1.54) is 30.6 Å². The molecule has 0 spiro atoms. The van der Waals surface area contributed by atoms with Crippen LogP contribution in [0.15, 0.2) is 84.3 Å². The van der Waals surface area contributed by atoms with E-state index in [1.54, 1.807) is 6.07 Å². The standard InChI is InChI=1S/C29H27F2N7O4S/c1-36(2)13-4-14-37-18-34-26-15-20(7-12-27(26)37)25-16-28(33-17-32-25)35-21-8-10-22(11-9-21)38(42-19-39)43(40,41)29-23(30)5-3-6-24(29)31/h3,5-12,15-19H,4,13-14H2,1-2H3,(H,32,33,35). The SMILES string of the molecule is CN(C)CCCn1cnc2cc(-c3cc(Nc4ccc(N(OC=O)S(=O)(=O)c5c(F)cccc5F)cc4)ncn3)ccc21. The maximum Gasteiger partial charge on any atom is 0.322 e. The average molecular weight is 608 g/mol.